The number of nitrogens with zero attached hydrogens (tertiary/aromatic N) is 1. The number of halogens is 1. The van der Waals surface area contributed by atoms with Gasteiger partial charge in [-0.05, 0) is 24.1 Å². The number of thioether (sulfide) groups is 1. The highest BCUT2D eigenvalue weighted by atomic mass is 32.2. The van der Waals surface area contributed by atoms with Crippen LogP contribution in [-0.4, -0.2) is 27.7 Å². The van der Waals surface area contributed by atoms with Crippen LogP contribution in [-0.2, 0) is 14.3 Å². The minimum Gasteiger partial charge on any atom is -0.464 e. The maximum atomic E-state index is 14.0. The first-order valence-corrected chi connectivity index (χ1v) is 9.98. The van der Waals surface area contributed by atoms with Crippen molar-refractivity contribution in [2.75, 3.05) is 6.61 Å². The zero-order valence-electron chi connectivity index (χ0n) is 15.1. The summed E-state index contributed by atoms with van der Waals surface area (Å²) in [6, 6.07) is 14.1. The summed E-state index contributed by atoms with van der Waals surface area (Å²) >= 11 is 6.42. The molecule has 4 nitrogen and oxygen atoms in total. The third-order valence-corrected chi connectivity index (χ3v) is 5.39. The molecule has 0 spiro atoms. The molecule has 0 aromatic heterocycles. The van der Waals surface area contributed by atoms with Crippen molar-refractivity contribution in [2.45, 2.75) is 19.4 Å². The minimum absolute atomic E-state index is 0.231. The van der Waals surface area contributed by atoms with Gasteiger partial charge in [-0.2, -0.15) is 0 Å². The summed E-state index contributed by atoms with van der Waals surface area (Å²) in [6.07, 6.45) is 2.12. The molecule has 0 N–H and O–H groups in total. The van der Waals surface area contributed by atoms with Gasteiger partial charge < -0.3 is 4.74 Å². The van der Waals surface area contributed by atoms with Gasteiger partial charge in [0.25, 0.3) is 5.91 Å². The lowest BCUT2D eigenvalue weighted by Crippen LogP contribution is -2.38. The van der Waals surface area contributed by atoms with Crippen LogP contribution in [0.3, 0.4) is 0 Å². The van der Waals surface area contributed by atoms with Crippen LogP contribution in [0.2, 0.25) is 0 Å². The highest BCUT2D eigenvalue weighted by molar-refractivity contribution is 8.26. The summed E-state index contributed by atoms with van der Waals surface area (Å²) in [5, 5.41) is 0. The molecule has 144 valence electrons. The van der Waals surface area contributed by atoms with Crippen LogP contribution < -0.4 is 0 Å². The molecular weight excluding hydrogens is 397 g/mol. The summed E-state index contributed by atoms with van der Waals surface area (Å²) in [6.45, 7) is 2.14. The normalized spacial score (nSPS) is 16.5. The van der Waals surface area contributed by atoms with E-state index in [-0.39, 0.29) is 21.4 Å². The van der Waals surface area contributed by atoms with E-state index in [9.17, 15) is 14.0 Å². The Labute approximate surface area is 172 Å². The van der Waals surface area contributed by atoms with Gasteiger partial charge in [0, 0.05) is 5.56 Å². The molecule has 1 unspecified atom stereocenters. The standard InChI is InChI=1S/C21H18FNO3S2/c1-2-12-26-20(25)18(14-8-4-3-5-9-14)23-19(24)17(28-21(23)27)13-15-10-6-7-11-16(15)22/h3-11,13,18H,2,12H2,1H3/b17-13+. The van der Waals surface area contributed by atoms with Gasteiger partial charge in [0.2, 0.25) is 0 Å². The molecule has 1 saturated heterocycles. The SMILES string of the molecule is CCCOC(=O)C(c1ccccc1)N1C(=O)/C(=C\c2ccccc2F)SC1=S. The Hall–Kier alpha value is -2.51. The first-order valence-electron chi connectivity index (χ1n) is 8.76. The lowest BCUT2D eigenvalue weighted by molar-refractivity contribution is -0.151. The van der Waals surface area contributed by atoms with E-state index in [1.54, 1.807) is 42.5 Å². The molecule has 1 aliphatic heterocycles. The van der Waals surface area contributed by atoms with Crippen molar-refractivity contribution < 1.29 is 18.7 Å². The predicted octanol–water partition coefficient (Wildman–Crippen LogP) is 4.72. The van der Waals surface area contributed by atoms with Crippen molar-refractivity contribution in [1.29, 1.82) is 0 Å². The fourth-order valence-electron chi connectivity index (χ4n) is 2.74. The van der Waals surface area contributed by atoms with Crippen molar-refractivity contribution in [3.05, 3.63) is 76.4 Å². The van der Waals surface area contributed by atoms with Gasteiger partial charge in [-0.25, -0.2) is 9.18 Å². The Morgan fingerprint density at radius 3 is 2.57 bits per heavy atom. The van der Waals surface area contributed by atoms with Gasteiger partial charge in [-0.3, -0.25) is 9.69 Å². The Kier molecular flexibility index (Phi) is 6.59. The molecule has 3 rings (SSSR count). The van der Waals surface area contributed by atoms with Crippen molar-refractivity contribution in [3.63, 3.8) is 0 Å². The zero-order valence-corrected chi connectivity index (χ0v) is 16.8. The Bertz CT molecular complexity index is 930. The fraction of sp³-hybridized carbons (Fsp3) is 0.190. The summed E-state index contributed by atoms with van der Waals surface area (Å²) < 4.78 is 19.5. The first kappa shape index (κ1) is 20.2. The van der Waals surface area contributed by atoms with E-state index in [4.69, 9.17) is 17.0 Å². The first-order chi connectivity index (χ1) is 13.5. The highest BCUT2D eigenvalue weighted by Gasteiger charge is 2.42. The molecule has 2 aromatic carbocycles. The molecule has 1 aliphatic rings. The number of carbonyl (C=O) groups is 2. The average Bonchev–Trinajstić information content (AvgIpc) is 2.97. The van der Waals surface area contributed by atoms with Crippen LogP contribution in [0.15, 0.2) is 59.5 Å². The smallest absolute Gasteiger partial charge is 0.333 e. The lowest BCUT2D eigenvalue weighted by atomic mass is 10.1. The highest BCUT2D eigenvalue weighted by Crippen LogP contribution is 2.39. The Morgan fingerprint density at radius 2 is 1.89 bits per heavy atom. The monoisotopic (exact) mass is 415 g/mol. The number of hydrogen-bond donors (Lipinski definition) is 0. The van der Waals surface area contributed by atoms with Gasteiger partial charge in [0.05, 0.1) is 11.5 Å². The Morgan fingerprint density at radius 1 is 1.21 bits per heavy atom. The fourth-order valence-corrected chi connectivity index (χ4v) is 4.05. The van der Waals surface area contributed by atoms with Crippen LogP contribution in [0.5, 0.6) is 0 Å². The largest absolute Gasteiger partial charge is 0.464 e. The summed E-state index contributed by atoms with van der Waals surface area (Å²) in [4.78, 5) is 27.3. The van der Waals surface area contributed by atoms with Crippen LogP contribution in [0, 0.1) is 5.82 Å². The molecule has 0 saturated carbocycles. The molecule has 1 fully saturated rings. The van der Waals surface area contributed by atoms with Crippen LogP contribution in [0.25, 0.3) is 6.08 Å². The molecule has 28 heavy (non-hydrogen) atoms. The number of carbonyl (C=O) groups excluding carboxylic acids is 2. The molecule has 1 atom stereocenters. The van der Waals surface area contributed by atoms with Crippen LogP contribution >= 0.6 is 24.0 Å². The van der Waals surface area contributed by atoms with Crippen LogP contribution in [0.1, 0.15) is 30.5 Å². The number of rotatable bonds is 6. The molecular formula is C21H18FNO3S2. The lowest BCUT2D eigenvalue weighted by Gasteiger charge is -2.25. The molecule has 0 radical (unpaired) electrons. The van der Waals surface area contributed by atoms with E-state index in [1.165, 1.54) is 17.0 Å². The van der Waals surface area contributed by atoms with E-state index in [1.807, 2.05) is 13.0 Å². The molecule has 2 aromatic rings. The van der Waals surface area contributed by atoms with Gasteiger partial charge >= 0.3 is 5.97 Å². The maximum Gasteiger partial charge on any atom is 0.333 e. The van der Waals surface area contributed by atoms with Crippen molar-refractivity contribution in [1.82, 2.24) is 4.90 Å². The molecule has 0 bridgehead atoms. The number of benzene rings is 2. The number of thiocarbonyl (C=S) groups is 1. The van der Waals surface area contributed by atoms with E-state index >= 15 is 0 Å². The number of amides is 1. The van der Waals surface area contributed by atoms with Crippen molar-refractivity contribution >= 4 is 46.3 Å². The summed E-state index contributed by atoms with van der Waals surface area (Å²) in [7, 11) is 0. The average molecular weight is 416 g/mol. The number of ether oxygens (including phenoxy) is 1. The third-order valence-electron chi connectivity index (χ3n) is 4.06. The minimum atomic E-state index is -0.980. The van der Waals surface area contributed by atoms with Gasteiger partial charge in [-0.1, -0.05) is 79.4 Å². The quantitative estimate of drug-likeness (QED) is 0.388. The van der Waals surface area contributed by atoms with Crippen molar-refractivity contribution in [2.24, 2.45) is 0 Å². The molecule has 1 amide bonds. The molecule has 7 heteroatoms. The number of esters is 1. The maximum absolute atomic E-state index is 14.0. The van der Waals surface area contributed by atoms with Crippen LogP contribution in [0.4, 0.5) is 4.39 Å². The van der Waals surface area contributed by atoms with Crippen molar-refractivity contribution in [3.8, 4) is 0 Å². The van der Waals surface area contributed by atoms with E-state index in [0.717, 1.165) is 11.8 Å². The van der Waals surface area contributed by atoms with Gasteiger partial charge in [0.1, 0.15) is 10.1 Å². The summed E-state index contributed by atoms with van der Waals surface area (Å²) in [5.41, 5.74) is 0.889. The second-order valence-corrected chi connectivity index (χ2v) is 7.73. The second-order valence-electron chi connectivity index (χ2n) is 6.05. The van der Waals surface area contributed by atoms with E-state index in [0.29, 0.717) is 12.0 Å². The summed E-state index contributed by atoms with van der Waals surface area (Å²) in [5.74, 6) is -1.42. The predicted molar refractivity (Wildman–Crippen MR) is 112 cm³/mol. The number of hydrogen-bond acceptors (Lipinski definition) is 5. The molecule has 0 aliphatic carbocycles. The topological polar surface area (TPSA) is 46.6 Å². The Balaban J connectivity index is 1.96. The van der Waals surface area contributed by atoms with Gasteiger partial charge in [0.15, 0.2) is 6.04 Å². The van der Waals surface area contributed by atoms with Gasteiger partial charge in [-0.15, -0.1) is 0 Å². The zero-order chi connectivity index (χ0) is 20.1. The molecule has 1 heterocycles. The van der Waals surface area contributed by atoms with E-state index in [2.05, 4.69) is 0 Å². The second kappa shape index (κ2) is 9.12. The van der Waals surface area contributed by atoms with E-state index < -0.39 is 23.7 Å². The third kappa shape index (κ3) is 4.31.